The molecule has 2 aliphatic carbocycles. The first-order valence-corrected chi connectivity index (χ1v) is 16.9. The highest BCUT2D eigenvalue weighted by Gasteiger charge is 2.64. The lowest BCUT2D eigenvalue weighted by Crippen LogP contribution is -2.67. The fourth-order valence-electron chi connectivity index (χ4n) is 7.80. The normalized spacial score (nSPS) is 38.6. The fraction of sp³-hybridized carbons (Fsp3) is 0.875. The SMILES string of the molecule is CC(=O)N[C@@H]1[C@@H](OC[C@H]2O[C@@H]3OC4(CCCCC4)O[C@@H]3[C@H]3OC4(CCCCC4)O[C@@H]32)O[C@@H](COC(C)=O)[C@@H](OC(C)=O)[C@@H]1OC(C)=O. The van der Waals surface area contributed by atoms with Crippen molar-refractivity contribution in [2.24, 2.45) is 0 Å². The van der Waals surface area contributed by atoms with E-state index in [9.17, 15) is 19.2 Å². The van der Waals surface area contributed by atoms with E-state index in [1.807, 2.05) is 0 Å². The van der Waals surface area contributed by atoms with Crippen LogP contribution in [0.25, 0.3) is 0 Å². The molecule has 1 N–H and O–H groups in total. The second-order valence-corrected chi connectivity index (χ2v) is 13.4. The molecule has 6 aliphatic rings. The van der Waals surface area contributed by atoms with Crippen LogP contribution in [0.3, 0.4) is 0 Å². The number of ether oxygens (including phenoxy) is 10. The summed E-state index contributed by atoms with van der Waals surface area (Å²) in [6.07, 6.45) is 1.57. The molecule has 15 heteroatoms. The fourth-order valence-corrected chi connectivity index (χ4v) is 7.80. The van der Waals surface area contributed by atoms with Crippen LogP contribution in [0.15, 0.2) is 0 Å². The van der Waals surface area contributed by atoms with Gasteiger partial charge in [-0.3, -0.25) is 19.2 Å². The Morgan fingerprint density at radius 2 is 1.21 bits per heavy atom. The van der Waals surface area contributed by atoms with Crippen molar-refractivity contribution < 1.29 is 66.5 Å². The molecule has 6 rings (SSSR count). The van der Waals surface area contributed by atoms with Gasteiger partial charge in [0.1, 0.15) is 43.2 Å². The number of rotatable bonds is 8. The third-order valence-corrected chi connectivity index (χ3v) is 9.70. The van der Waals surface area contributed by atoms with E-state index in [2.05, 4.69) is 5.32 Å². The van der Waals surface area contributed by atoms with Crippen LogP contribution in [0.5, 0.6) is 0 Å². The minimum Gasteiger partial charge on any atom is -0.463 e. The summed E-state index contributed by atoms with van der Waals surface area (Å²) < 4.78 is 61.8. The summed E-state index contributed by atoms with van der Waals surface area (Å²) in [5.41, 5.74) is 0. The monoisotopic (exact) mass is 669 g/mol. The van der Waals surface area contributed by atoms with Gasteiger partial charge in [0.15, 0.2) is 36.4 Å². The maximum Gasteiger partial charge on any atom is 0.303 e. The lowest BCUT2D eigenvalue weighted by molar-refractivity contribution is -0.298. The van der Waals surface area contributed by atoms with Gasteiger partial charge in [-0.25, -0.2) is 0 Å². The van der Waals surface area contributed by atoms with Crippen LogP contribution < -0.4 is 5.32 Å². The maximum atomic E-state index is 12.4. The van der Waals surface area contributed by atoms with Gasteiger partial charge in [-0.1, -0.05) is 12.8 Å². The molecule has 4 aliphatic heterocycles. The molecule has 0 aromatic heterocycles. The molecule has 0 radical (unpaired) electrons. The Balaban J connectivity index is 1.25. The number of hydrogen-bond acceptors (Lipinski definition) is 14. The third kappa shape index (κ3) is 7.61. The van der Waals surface area contributed by atoms with E-state index < -0.39 is 96.7 Å². The van der Waals surface area contributed by atoms with E-state index in [1.165, 1.54) is 27.7 Å². The Kier molecular flexibility index (Phi) is 10.4. The largest absolute Gasteiger partial charge is 0.463 e. The first-order chi connectivity index (χ1) is 22.5. The molecule has 10 atom stereocenters. The average Bonchev–Trinajstić information content (AvgIpc) is 3.55. The summed E-state index contributed by atoms with van der Waals surface area (Å²) in [6, 6.07) is -1.11. The predicted octanol–water partition coefficient (Wildman–Crippen LogP) is 1.90. The van der Waals surface area contributed by atoms with Gasteiger partial charge in [-0.2, -0.15) is 0 Å². The molecular formula is C32H47NO14. The van der Waals surface area contributed by atoms with E-state index >= 15 is 0 Å². The highest BCUT2D eigenvalue weighted by molar-refractivity contribution is 5.73. The molecule has 2 saturated carbocycles. The van der Waals surface area contributed by atoms with Crippen molar-refractivity contribution in [2.45, 2.75) is 165 Å². The Bertz CT molecular complexity index is 1170. The maximum absolute atomic E-state index is 12.4. The molecule has 0 bridgehead atoms. The van der Waals surface area contributed by atoms with Gasteiger partial charge in [0.2, 0.25) is 5.91 Å². The van der Waals surface area contributed by atoms with E-state index in [1.54, 1.807) is 0 Å². The molecule has 0 unspecified atom stereocenters. The van der Waals surface area contributed by atoms with Gasteiger partial charge in [0.05, 0.1) is 6.61 Å². The lowest BCUT2D eigenvalue weighted by Gasteiger charge is -2.45. The smallest absolute Gasteiger partial charge is 0.303 e. The van der Waals surface area contributed by atoms with Crippen LogP contribution in [0.1, 0.15) is 91.9 Å². The standard InChI is InChI=1S/C32H47NO14/c1-17(34)33-23-26(41-20(4)37)24(40-19(3)36)21(15-38-18(2)35)42-29(23)39-16-22-25-27(45-31(44-25)11-7-5-8-12-31)28-30(43-22)47-32(46-28)13-9-6-10-14-32/h21-30H,5-16H2,1-4H3,(H,33,34)/t21-,22+,23-,24+,25+,26+,27-,28+,29-,30+/m0/s1. The first kappa shape index (κ1) is 34.5. The van der Waals surface area contributed by atoms with Gasteiger partial charge in [0, 0.05) is 53.4 Å². The van der Waals surface area contributed by atoms with Crippen molar-refractivity contribution in [1.82, 2.24) is 5.32 Å². The molecule has 2 spiro atoms. The van der Waals surface area contributed by atoms with Crippen molar-refractivity contribution in [3.05, 3.63) is 0 Å². The summed E-state index contributed by atoms with van der Waals surface area (Å²) in [6.45, 7) is 4.46. The molecular weight excluding hydrogens is 622 g/mol. The van der Waals surface area contributed by atoms with Gasteiger partial charge < -0.3 is 52.7 Å². The predicted molar refractivity (Wildman–Crippen MR) is 156 cm³/mol. The summed E-state index contributed by atoms with van der Waals surface area (Å²) >= 11 is 0. The van der Waals surface area contributed by atoms with E-state index in [-0.39, 0.29) is 13.2 Å². The summed E-state index contributed by atoms with van der Waals surface area (Å²) in [5.74, 6) is -3.92. The zero-order valence-corrected chi connectivity index (χ0v) is 27.5. The van der Waals surface area contributed by atoms with Crippen LogP contribution in [0, 0.1) is 0 Å². The van der Waals surface area contributed by atoms with Crippen molar-refractivity contribution in [2.75, 3.05) is 13.2 Å². The number of carbonyl (C=O) groups excluding carboxylic acids is 4. The highest BCUT2D eigenvalue weighted by atomic mass is 16.9. The number of hydrogen-bond donors (Lipinski definition) is 1. The number of nitrogens with one attached hydrogen (secondary N) is 1. The van der Waals surface area contributed by atoms with Gasteiger partial charge in [-0.15, -0.1) is 0 Å². The van der Waals surface area contributed by atoms with Crippen molar-refractivity contribution in [3.63, 3.8) is 0 Å². The topological polar surface area (TPSA) is 173 Å². The quantitative estimate of drug-likeness (QED) is 0.293. The molecule has 264 valence electrons. The molecule has 4 heterocycles. The van der Waals surface area contributed by atoms with Crippen molar-refractivity contribution >= 4 is 23.8 Å². The van der Waals surface area contributed by atoms with Gasteiger partial charge in [-0.05, 0) is 25.7 Å². The van der Waals surface area contributed by atoms with E-state index in [0.717, 1.165) is 64.2 Å². The average molecular weight is 670 g/mol. The second-order valence-electron chi connectivity index (χ2n) is 13.4. The zero-order valence-electron chi connectivity index (χ0n) is 27.5. The Hall–Kier alpha value is -2.40. The minimum atomic E-state index is -1.24. The van der Waals surface area contributed by atoms with Crippen LogP contribution in [0.2, 0.25) is 0 Å². The van der Waals surface area contributed by atoms with Crippen LogP contribution in [-0.4, -0.2) is 110 Å². The molecule has 0 aromatic carbocycles. The summed E-state index contributed by atoms with van der Waals surface area (Å²) in [7, 11) is 0. The highest BCUT2D eigenvalue weighted by Crippen LogP contribution is 2.51. The van der Waals surface area contributed by atoms with Crippen LogP contribution in [0.4, 0.5) is 0 Å². The molecule has 0 aromatic rings. The van der Waals surface area contributed by atoms with Crippen LogP contribution >= 0.6 is 0 Å². The Labute approximate surface area is 273 Å². The van der Waals surface area contributed by atoms with Gasteiger partial charge in [0.25, 0.3) is 0 Å². The van der Waals surface area contributed by atoms with E-state index in [4.69, 9.17) is 47.4 Å². The molecule has 15 nitrogen and oxygen atoms in total. The molecule has 47 heavy (non-hydrogen) atoms. The minimum absolute atomic E-state index is 0.0910. The summed E-state index contributed by atoms with van der Waals surface area (Å²) in [5, 5.41) is 2.73. The Morgan fingerprint density at radius 1 is 0.638 bits per heavy atom. The summed E-state index contributed by atoms with van der Waals surface area (Å²) in [4.78, 5) is 48.4. The van der Waals surface area contributed by atoms with Crippen LogP contribution in [-0.2, 0) is 66.5 Å². The first-order valence-electron chi connectivity index (χ1n) is 16.9. The lowest BCUT2D eigenvalue weighted by atomic mass is 9.94. The molecule has 6 fully saturated rings. The van der Waals surface area contributed by atoms with E-state index in [0.29, 0.717) is 0 Å². The zero-order chi connectivity index (χ0) is 33.3. The number of fused-ring (bicyclic) bond motifs is 3. The third-order valence-electron chi connectivity index (χ3n) is 9.70. The van der Waals surface area contributed by atoms with Crippen molar-refractivity contribution in [3.8, 4) is 0 Å². The number of esters is 3. The second kappa shape index (κ2) is 14.2. The molecule has 1 amide bonds. The van der Waals surface area contributed by atoms with Crippen molar-refractivity contribution in [1.29, 1.82) is 0 Å². The molecule has 4 saturated heterocycles. The number of carbonyl (C=O) groups is 4. The Morgan fingerprint density at radius 3 is 1.81 bits per heavy atom. The number of amides is 1. The van der Waals surface area contributed by atoms with Gasteiger partial charge >= 0.3 is 17.9 Å².